The number of alkyl halides is 3. The van der Waals surface area contributed by atoms with Crippen molar-refractivity contribution in [1.29, 1.82) is 0 Å². The zero-order valence-electron chi connectivity index (χ0n) is 28.3. The number of carbonyl (C=O) groups is 1. The Morgan fingerprint density at radius 3 is 1.96 bits per heavy atom. The van der Waals surface area contributed by atoms with Gasteiger partial charge in [-0.25, -0.2) is 0 Å². The van der Waals surface area contributed by atoms with Gasteiger partial charge in [0.2, 0.25) is 22.9 Å². The molecule has 0 aliphatic carbocycles. The number of carboxylic acids is 1. The molecule has 0 saturated carbocycles. The van der Waals surface area contributed by atoms with Gasteiger partial charge >= 0.3 is 17.8 Å². The number of rotatable bonds is 13. The van der Waals surface area contributed by atoms with Crippen molar-refractivity contribution < 1.29 is 51.8 Å². The second-order valence-corrected chi connectivity index (χ2v) is 14.5. The van der Waals surface area contributed by atoms with Gasteiger partial charge in [-0.05, 0) is 67.5 Å². The highest BCUT2D eigenvalue weighted by Gasteiger charge is 2.31. The van der Waals surface area contributed by atoms with Crippen LogP contribution in [-0.2, 0) is 26.4 Å². The molecule has 0 saturated heterocycles. The number of nitrogens with one attached hydrogen (secondary N) is 3. The first kappa shape index (κ1) is 47.4. The van der Waals surface area contributed by atoms with Gasteiger partial charge < -0.3 is 39.6 Å². The lowest BCUT2D eigenvalue weighted by molar-refractivity contribution is -0.385. The fourth-order valence-electron chi connectivity index (χ4n) is 3.00. The number of nitrogens with zero attached hydrogens (tertiary/aromatic N) is 4. The predicted octanol–water partition coefficient (Wildman–Crippen LogP) is 5.50. The van der Waals surface area contributed by atoms with Crippen molar-refractivity contribution >= 4 is 65.2 Å². The van der Waals surface area contributed by atoms with Gasteiger partial charge in [0.1, 0.15) is 19.1 Å². The van der Waals surface area contributed by atoms with E-state index < -0.39 is 43.1 Å². The van der Waals surface area contributed by atoms with Gasteiger partial charge in [0.05, 0.1) is 53.7 Å². The van der Waals surface area contributed by atoms with Crippen molar-refractivity contribution in [3.05, 3.63) is 62.4 Å². The Bertz CT molecular complexity index is 1570. The third kappa shape index (κ3) is 22.0. The van der Waals surface area contributed by atoms with E-state index in [0.717, 1.165) is 31.3 Å². The predicted molar refractivity (Wildman–Crippen MR) is 189 cm³/mol. The van der Waals surface area contributed by atoms with Gasteiger partial charge in [0, 0.05) is 25.2 Å². The van der Waals surface area contributed by atoms with E-state index in [0.29, 0.717) is 22.8 Å². The molecule has 5 N–H and O–H groups in total. The Labute approximate surface area is 305 Å². The van der Waals surface area contributed by atoms with E-state index in [4.69, 9.17) is 42.7 Å². The number of aliphatic carboxylic acids is 1. The molecule has 0 amide bonds. The number of carboxylic acid groups (broad SMARTS) is 1. The molecule has 16 nitrogen and oxygen atoms in total. The summed E-state index contributed by atoms with van der Waals surface area (Å²) in [5, 5.41) is 26.8. The van der Waals surface area contributed by atoms with Crippen LogP contribution in [0.1, 0.15) is 26.3 Å². The summed E-state index contributed by atoms with van der Waals surface area (Å²) in [6, 6.07) is 6.40. The summed E-state index contributed by atoms with van der Waals surface area (Å²) in [5.41, 5.74) is -1.15. The number of hydrogen-bond donors (Lipinski definition) is 5. The highest BCUT2D eigenvalue weighted by atomic mass is 35.5. The minimum atomic E-state index is -4.52. The molecule has 1 heterocycles. The highest BCUT2D eigenvalue weighted by molar-refractivity contribution is 7.94. The van der Waals surface area contributed by atoms with Gasteiger partial charge in [0.15, 0.2) is 0 Å². The summed E-state index contributed by atoms with van der Waals surface area (Å²) in [7, 11) is -3.71. The fraction of sp³-hybridized carbons (Fsp3) is 0.429. The molecule has 1 unspecified atom stereocenters. The third-order valence-electron chi connectivity index (χ3n) is 4.78. The average Bonchev–Trinajstić information content (AvgIpc) is 2.97. The van der Waals surface area contributed by atoms with Crippen LogP contribution >= 0.6 is 30.8 Å². The molecular formula is C28H39Cl2F3N7O9PS. The Morgan fingerprint density at radius 1 is 1.00 bits per heavy atom. The van der Waals surface area contributed by atoms with Crippen LogP contribution in [0.3, 0.4) is 0 Å². The summed E-state index contributed by atoms with van der Waals surface area (Å²) < 4.78 is 58.3. The van der Waals surface area contributed by atoms with E-state index in [2.05, 4.69) is 44.4 Å². The van der Waals surface area contributed by atoms with Gasteiger partial charge in [-0.2, -0.15) is 28.1 Å². The fourth-order valence-corrected chi connectivity index (χ4v) is 3.77. The zero-order chi connectivity index (χ0) is 39.4. The summed E-state index contributed by atoms with van der Waals surface area (Å²) in [4.78, 5) is 49.9. The lowest BCUT2D eigenvalue weighted by Crippen LogP contribution is -2.25. The van der Waals surface area contributed by atoms with Crippen LogP contribution in [0.15, 0.2) is 36.4 Å². The maximum Gasteiger partial charge on any atom is 0.416 e. The number of nitro benzene ring substituents is 1. The molecule has 0 aliphatic rings. The van der Waals surface area contributed by atoms with Crippen molar-refractivity contribution in [2.75, 3.05) is 61.9 Å². The van der Waals surface area contributed by atoms with E-state index in [9.17, 15) is 37.5 Å². The minimum Gasteiger partial charge on any atom is -0.778 e. The van der Waals surface area contributed by atoms with Crippen LogP contribution in [0.25, 0.3) is 0 Å². The average molecular weight is 809 g/mol. The van der Waals surface area contributed by atoms with E-state index in [1.165, 1.54) is 18.2 Å². The first-order valence-electron chi connectivity index (χ1n) is 14.4. The monoisotopic (exact) mass is 807 g/mol. The largest absolute Gasteiger partial charge is 0.778 e. The van der Waals surface area contributed by atoms with E-state index in [1.54, 1.807) is 6.92 Å². The Hall–Kier alpha value is -3.65. The molecule has 0 aliphatic heterocycles. The van der Waals surface area contributed by atoms with Crippen molar-refractivity contribution in [2.45, 2.75) is 26.9 Å². The van der Waals surface area contributed by atoms with Crippen molar-refractivity contribution in [3.63, 3.8) is 0 Å². The molecule has 2 aromatic carbocycles. The Kier molecular flexibility index (Phi) is 22.1. The number of anilines is 2. The van der Waals surface area contributed by atoms with E-state index >= 15 is 0 Å². The second kappa shape index (κ2) is 23.8. The maximum absolute atomic E-state index is 12.6. The minimum absolute atomic E-state index is 0.0111. The zero-order valence-corrected chi connectivity index (χ0v) is 31.5. The van der Waals surface area contributed by atoms with Crippen LogP contribution in [-0.4, -0.2) is 87.1 Å². The number of nitro groups is 1. The molecule has 0 fully saturated rings. The molecule has 1 atom stereocenters. The summed E-state index contributed by atoms with van der Waals surface area (Å²) in [6.45, 7) is 6.81. The number of benzene rings is 2. The second-order valence-electron chi connectivity index (χ2n) is 9.72. The first-order chi connectivity index (χ1) is 23.6. The van der Waals surface area contributed by atoms with Gasteiger partial charge in [0.25, 0.3) is 0 Å². The van der Waals surface area contributed by atoms with Crippen LogP contribution in [0.4, 0.5) is 30.8 Å². The third-order valence-corrected chi connectivity index (χ3v) is 5.87. The van der Waals surface area contributed by atoms with Crippen LogP contribution in [0.2, 0.25) is 10.3 Å². The highest BCUT2D eigenvalue weighted by Crippen LogP contribution is 2.38. The van der Waals surface area contributed by atoms with Crippen LogP contribution in [0, 0.1) is 10.1 Å². The van der Waals surface area contributed by atoms with E-state index in [1.807, 2.05) is 19.2 Å². The van der Waals surface area contributed by atoms with Gasteiger partial charge in [-0.3, -0.25) is 20.2 Å². The number of hydrogen-bond acceptors (Lipinski definition) is 13. The van der Waals surface area contributed by atoms with Crippen molar-refractivity contribution in [2.24, 2.45) is 0 Å². The van der Waals surface area contributed by atoms with Crippen LogP contribution in [0.5, 0.6) is 17.2 Å². The molecule has 0 spiro atoms. The summed E-state index contributed by atoms with van der Waals surface area (Å²) in [5.74, 6) is -0.0555. The first-order valence-corrected chi connectivity index (χ1v) is 19.4. The quantitative estimate of drug-likeness (QED) is 0.0620. The van der Waals surface area contributed by atoms with Crippen LogP contribution < -0.4 is 30.3 Å². The Balaban J connectivity index is 0.000000776. The molecule has 286 valence electrons. The number of halogens is 5. The topological polar surface area (TPSA) is 234 Å². The lowest BCUT2D eigenvalue weighted by atomic mass is 10.2. The normalized spacial score (nSPS) is 11.6. The molecule has 0 radical (unpaired) electrons. The van der Waals surface area contributed by atoms with E-state index in [-0.39, 0.29) is 39.8 Å². The van der Waals surface area contributed by atoms with Crippen molar-refractivity contribution in [3.8, 4) is 17.2 Å². The molecule has 0 bridgehead atoms. The van der Waals surface area contributed by atoms with Crippen molar-refractivity contribution in [1.82, 2.24) is 20.3 Å². The molecule has 1 aromatic heterocycles. The molecule has 23 heteroatoms. The summed E-state index contributed by atoms with van der Waals surface area (Å²) >= 11 is 11.5. The molecular weight excluding hydrogens is 769 g/mol. The Morgan fingerprint density at radius 2 is 1.55 bits per heavy atom. The standard InChI is InChI=1S/C15H11ClF3NO4.C7H12ClN5.C3H8NO5P.C3H9S/c1-2-23-14-8-10(4-5-12(14)20(21)22)24-13-6-3-9(7-11(13)16)15(17,18)19;1-3-9-6-11-5(8)12-7(13-6)10-4-2;5-3(6)1-4-2-10(7,8)9;1-4(2)3/h3-8H,2H2,1H3;3-4H2,1-2H3,(H2,9,10,11,12,13);4H,1-2H2,(H,5,6)(H2,7,8,9);1-3H3/q;;;+1/p-1. The molecule has 51 heavy (non-hydrogen) atoms. The van der Waals surface area contributed by atoms with Gasteiger partial charge in [-0.1, -0.05) is 11.6 Å². The lowest BCUT2D eigenvalue weighted by Gasteiger charge is -2.14. The number of aromatic nitrogens is 3. The molecule has 3 aromatic rings. The maximum atomic E-state index is 12.6. The summed E-state index contributed by atoms with van der Waals surface area (Å²) in [6.07, 6.45) is 1.36. The molecule has 3 rings (SSSR count). The SMILES string of the molecule is CCNc1nc(Cl)nc(NCC)n1.CCOc1cc(Oc2ccc(C(F)(F)F)cc2Cl)ccc1[N+](=O)[O-].C[S+](C)C.O=C(O)CNCP(=O)([O-])O. The van der Waals surface area contributed by atoms with Gasteiger partial charge in [-0.15, -0.1) is 0 Å². The smallest absolute Gasteiger partial charge is 0.416 e. The number of ether oxygens (including phenoxy) is 2.